The number of carboxylic acids is 1. The maximum atomic E-state index is 11.0. The first kappa shape index (κ1) is 22.2. The summed E-state index contributed by atoms with van der Waals surface area (Å²) >= 11 is 0. The molecule has 1 N–H and O–H groups in total. The van der Waals surface area contributed by atoms with E-state index in [1.807, 2.05) is 13.8 Å². The molecule has 0 rings (SSSR count). The van der Waals surface area contributed by atoms with Gasteiger partial charge in [0.1, 0.15) is 0 Å². The van der Waals surface area contributed by atoms with Gasteiger partial charge in [-0.25, -0.2) is 14.4 Å². The Morgan fingerprint density at radius 2 is 1.27 bits per heavy atom. The van der Waals surface area contributed by atoms with Gasteiger partial charge in [-0.3, -0.25) is 0 Å². The van der Waals surface area contributed by atoms with Crippen molar-refractivity contribution in [3.8, 4) is 0 Å². The summed E-state index contributed by atoms with van der Waals surface area (Å²) < 4.78 is 9.65. The summed E-state index contributed by atoms with van der Waals surface area (Å²) in [4.78, 5) is 31.6. The molecule has 0 aromatic carbocycles. The van der Waals surface area contributed by atoms with E-state index >= 15 is 0 Å². The van der Waals surface area contributed by atoms with Crippen molar-refractivity contribution in [2.24, 2.45) is 0 Å². The molecular weight excluding hydrogens is 288 g/mol. The largest absolute Gasteiger partial charge is 0.478 e. The second kappa shape index (κ2) is 16.9. The van der Waals surface area contributed by atoms with Gasteiger partial charge in [0.2, 0.25) is 0 Å². The zero-order chi connectivity index (χ0) is 17.2. The van der Waals surface area contributed by atoms with E-state index in [2.05, 4.69) is 0 Å². The standard InChI is InChI=1S/C12H20O4.C4H6O2/c1-3-5-9-15-11(13)7-8-12(14)16-10-6-4-2;1-2-3-4(5)6/h7-8H,3-6,9-10H2,1-2H3;2-3H,1H3,(H,5,6)/b8-7-;. The predicted octanol–water partition coefficient (Wildman–Crippen LogP) is 2.88. The SMILES string of the molecule is CC=CC(=O)O.CCCCOC(=O)/C=C\C(=O)OCCCC. The van der Waals surface area contributed by atoms with Gasteiger partial charge in [0.25, 0.3) is 0 Å². The number of esters is 2. The Morgan fingerprint density at radius 1 is 0.864 bits per heavy atom. The number of hydrogen-bond donors (Lipinski definition) is 1. The fourth-order valence-corrected chi connectivity index (χ4v) is 1.01. The molecule has 0 aliphatic heterocycles. The van der Waals surface area contributed by atoms with Crippen LogP contribution in [0.2, 0.25) is 0 Å². The zero-order valence-electron chi connectivity index (χ0n) is 13.5. The van der Waals surface area contributed by atoms with E-state index in [0.29, 0.717) is 13.2 Å². The molecule has 0 radical (unpaired) electrons. The number of allylic oxidation sites excluding steroid dienone is 1. The van der Waals surface area contributed by atoms with E-state index in [-0.39, 0.29) is 0 Å². The molecule has 6 nitrogen and oxygen atoms in total. The Hall–Kier alpha value is -2.11. The van der Waals surface area contributed by atoms with Crippen LogP contribution in [-0.2, 0) is 23.9 Å². The van der Waals surface area contributed by atoms with Crippen molar-refractivity contribution in [2.75, 3.05) is 13.2 Å². The van der Waals surface area contributed by atoms with Crippen LogP contribution in [0.25, 0.3) is 0 Å². The molecule has 0 bridgehead atoms. The molecule has 0 atom stereocenters. The molecule has 0 aromatic heterocycles. The number of ether oxygens (including phenoxy) is 2. The quantitative estimate of drug-likeness (QED) is 0.400. The van der Waals surface area contributed by atoms with Crippen molar-refractivity contribution in [1.82, 2.24) is 0 Å². The van der Waals surface area contributed by atoms with Gasteiger partial charge in [0.15, 0.2) is 0 Å². The molecule has 6 heteroatoms. The zero-order valence-corrected chi connectivity index (χ0v) is 13.5. The Morgan fingerprint density at radius 3 is 1.50 bits per heavy atom. The van der Waals surface area contributed by atoms with E-state index in [1.54, 1.807) is 6.92 Å². The summed E-state index contributed by atoms with van der Waals surface area (Å²) in [5, 5.41) is 7.83. The van der Waals surface area contributed by atoms with Crippen LogP contribution in [0.15, 0.2) is 24.3 Å². The Kier molecular flexibility index (Phi) is 17.1. The van der Waals surface area contributed by atoms with Crippen LogP contribution in [0, 0.1) is 0 Å². The minimum atomic E-state index is -0.891. The van der Waals surface area contributed by atoms with Crippen LogP contribution in [0.4, 0.5) is 0 Å². The van der Waals surface area contributed by atoms with Crippen LogP contribution in [0.5, 0.6) is 0 Å². The van der Waals surface area contributed by atoms with Crippen molar-refractivity contribution in [1.29, 1.82) is 0 Å². The highest BCUT2D eigenvalue weighted by Gasteiger charge is 2.00. The van der Waals surface area contributed by atoms with Crippen molar-refractivity contribution in [3.05, 3.63) is 24.3 Å². The van der Waals surface area contributed by atoms with Gasteiger partial charge in [-0.15, -0.1) is 0 Å². The van der Waals surface area contributed by atoms with Crippen molar-refractivity contribution in [3.63, 3.8) is 0 Å². The van der Waals surface area contributed by atoms with Crippen molar-refractivity contribution in [2.45, 2.75) is 46.5 Å². The highest BCUT2D eigenvalue weighted by molar-refractivity contribution is 5.91. The monoisotopic (exact) mass is 314 g/mol. The minimum absolute atomic E-state index is 0.393. The second-order valence-corrected chi connectivity index (χ2v) is 4.21. The molecule has 0 fully saturated rings. The Labute approximate surface area is 131 Å². The molecule has 22 heavy (non-hydrogen) atoms. The second-order valence-electron chi connectivity index (χ2n) is 4.21. The topological polar surface area (TPSA) is 89.9 Å². The number of unbranched alkanes of at least 4 members (excludes halogenated alkanes) is 2. The molecule has 126 valence electrons. The highest BCUT2D eigenvalue weighted by atomic mass is 16.5. The van der Waals surface area contributed by atoms with Gasteiger partial charge in [-0.2, -0.15) is 0 Å². The van der Waals surface area contributed by atoms with Gasteiger partial charge in [-0.1, -0.05) is 32.8 Å². The molecule has 0 aliphatic rings. The summed E-state index contributed by atoms with van der Waals surface area (Å²) in [6.45, 7) is 6.47. The third-order valence-electron chi connectivity index (χ3n) is 2.15. The fourth-order valence-electron chi connectivity index (χ4n) is 1.01. The molecule has 0 spiro atoms. The predicted molar refractivity (Wildman–Crippen MR) is 83.3 cm³/mol. The molecule has 0 heterocycles. The summed E-state index contributed by atoms with van der Waals surface area (Å²) in [5.74, 6) is -1.89. The lowest BCUT2D eigenvalue weighted by molar-refractivity contribution is -0.140. The van der Waals surface area contributed by atoms with E-state index in [0.717, 1.165) is 43.9 Å². The van der Waals surface area contributed by atoms with Gasteiger partial charge in [-0.05, 0) is 19.8 Å². The van der Waals surface area contributed by atoms with Crippen LogP contribution in [0.3, 0.4) is 0 Å². The van der Waals surface area contributed by atoms with Crippen molar-refractivity contribution < 1.29 is 29.0 Å². The summed E-state index contributed by atoms with van der Waals surface area (Å²) in [5.41, 5.74) is 0. The van der Waals surface area contributed by atoms with Crippen LogP contribution in [0.1, 0.15) is 46.5 Å². The molecule has 0 saturated carbocycles. The first-order chi connectivity index (χ1) is 10.5. The van der Waals surface area contributed by atoms with E-state index < -0.39 is 17.9 Å². The van der Waals surface area contributed by atoms with Gasteiger partial charge in [0.05, 0.1) is 13.2 Å². The molecule has 0 aromatic rings. The Bertz CT molecular complexity index is 347. The third kappa shape index (κ3) is 20.2. The number of hydrogen-bond acceptors (Lipinski definition) is 5. The highest BCUT2D eigenvalue weighted by Crippen LogP contribution is 1.92. The summed E-state index contributed by atoms with van der Waals surface area (Å²) in [7, 11) is 0. The minimum Gasteiger partial charge on any atom is -0.478 e. The van der Waals surface area contributed by atoms with Crippen LogP contribution in [-0.4, -0.2) is 36.2 Å². The lowest BCUT2D eigenvalue weighted by Gasteiger charge is -2.00. The average Bonchev–Trinajstić information content (AvgIpc) is 2.46. The summed E-state index contributed by atoms with van der Waals surface area (Å²) in [6.07, 6.45) is 8.36. The number of carboxylic acid groups (broad SMARTS) is 1. The molecular formula is C16H26O6. The first-order valence-corrected chi connectivity index (χ1v) is 7.35. The number of carbonyl (C=O) groups is 3. The molecule has 0 aliphatic carbocycles. The molecule has 0 saturated heterocycles. The van der Waals surface area contributed by atoms with Gasteiger partial charge >= 0.3 is 17.9 Å². The smallest absolute Gasteiger partial charge is 0.331 e. The number of aliphatic carboxylic acids is 1. The number of rotatable bonds is 9. The van der Waals surface area contributed by atoms with Crippen LogP contribution >= 0.6 is 0 Å². The summed E-state index contributed by atoms with van der Waals surface area (Å²) in [6, 6.07) is 0. The van der Waals surface area contributed by atoms with E-state index in [1.165, 1.54) is 6.08 Å². The fraction of sp³-hybridized carbons (Fsp3) is 0.562. The van der Waals surface area contributed by atoms with Gasteiger partial charge in [0, 0.05) is 18.2 Å². The lowest BCUT2D eigenvalue weighted by Crippen LogP contribution is -2.05. The molecule has 0 amide bonds. The molecule has 0 unspecified atom stereocenters. The van der Waals surface area contributed by atoms with E-state index in [9.17, 15) is 14.4 Å². The van der Waals surface area contributed by atoms with E-state index in [4.69, 9.17) is 14.6 Å². The normalized spacial score (nSPS) is 10.1. The maximum Gasteiger partial charge on any atom is 0.331 e. The van der Waals surface area contributed by atoms with Gasteiger partial charge < -0.3 is 14.6 Å². The third-order valence-corrected chi connectivity index (χ3v) is 2.15. The lowest BCUT2D eigenvalue weighted by atomic mass is 10.4. The van der Waals surface area contributed by atoms with Crippen LogP contribution < -0.4 is 0 Å². The first-order valence-electron chi connectivity index (χ1n) is 7.35. The van der Waals surface area contributed by atoms with Crippen molar-refractivity contribution >= 4 is 17.9 Å². The number of carbonyl (C=O) groups excluding carboxylic acids is 2. The maximum absolute atomic E-state index is 11.0. The Balaban J connectivity index is 0. The average molecular weight is 314 g/mol.